The van der Waals surface area contributed by atoms with Gasteiger partial charge < -0.3 is 24.4 Å². The first-order valence-electron chi connectivity index (χ1n) is 9.18. The smallest absolute Gasteiger partial charge is 0.174 e. The van der Waals surface area contributed by atoms with Crippen LogP contribution in [-0.4, -0.2) is 29.2 Å². The van der Waals surface area contributed by atoms with E-state index in [9.17, 15) is 15.0 Å². The number of rotatable bonds is 7. The number of benzene rings is 2. The van der Waals surface area contributed by atoms with Gasteiger partial charge in [-0.05, 0) is 30.5 Å². The molecule has 3 rings (SSSR count). The molecule has 1 aliphatic heterocycles. The van der Waals surface area contributed by atoms with Crippen molar-refractivity contribution in [3.05, 3.63) is 41.5 Å². The van der Waals surface area contributed by atoms with Crippen molar-refractivity contribution in [2.24, 2.45) is 0 Å². The maximum atomic E-state index is 12.5. The normalized spacial score (nSPS) is 15.8. The largest absolute Gasteiger partial charge is 0.508 e. The van der Waals surface area contributed by atoms with Gasteiger partial charge in [0.25, 0.3) is 0 Å². The lowest BCUT2D eigenvalue weighted by molar-refractivity contribution is 0.0844. The van der Waals surface area contributed by atoms with Crippen LogP contribution in [0.2, 0.25) is 0 Å². The van der Waals surface area contributed by atoms with E-state index in [1.54, 1.807) is 0 Å². The van der Waals surface area contributed by atoms with E-state index in [1.807, 2.05) is 32.0 Å². The Bertz CT molecular complexity index is 830. The summed E-state index contributed by atoms with van der Waals surface area (Å²) in [6.07, 6.45) is 1.31. The van der Waals surface area contributed by atoms with Crippen LogP contribution in [-0.2, 0) is 0 Å². The van der Waals surface area contributed by atoms with E-state index < -0.39 is 6.10 Å². The van der Waals surface area contributed by atoms with Gasteiger partial charge in [-0.15, -0.1) is 0 Å². The third-order valence-electron chi connectivity index (χ3n) is 4.25. The van der Waals surface area contributed by atoms with Crippen molar-refractivity contribution in [3.63, 3.8) is 0 Å². The van der Waals surface area contributed by atoms with E-state index in [4.69, 9.17) is 14.2 Å². The fraction of sp³-hybridized carbons (Fsp3) is 0.381. The zero-order chi connectivity index (χ0) is 19.4. The molecule has 6 heteroatoms. The monoisotopic (exact) mass is 372 g/mol. The molecule has 1 heterocycles. The van der Waals surface area contributed by atoms with Gasteiger partial charge in [-0.2, -0.15) is 0 Å². The third kappa shape index (κ3) is 4.10. The van der Waals surface area contributed by atoms with Crippen molar-refractivity contribution >= 4 is 5.78 Å². The average molecular weight is 372 g/mol. The maximum absolute atomic E-state index is 12.5. The summed E-state index contributed by atoms with van der Waals surface area (Å²) in [7, 11) is 0. The van der Waals surface area contributed by atoms with Gasteiger partial charge in [0.1, 0.15) is 28.9 Å². The van der Waals surface area contributed by atoms with E-state index in [1.165, 1.54) is 6.07 Å². The maximum Gasteiger partial charge on any atom is 0.174 e. The Kier molecular flexibility index (Phi) is 5.74. The molecule has 0 radical (unpaired) electrons. The molecular weight excluding hydrogens is 348 g/mol. The van der Waals surface area contributed by atoms with Crippen molar-refractivity contribution in [2.45, 2.75) is 39.2 Å². The Balaban J connectivity index is 1.90. The molecule has 0 amide bonds. The van der Waals surface area contributed by atoms with Crippen molar-refractivity contribution < 1.29 is 29.2 Å². The molecule has 0 spiro atoms. The highest BCUT2D eigenvalue weighted by molar-refractivity contribution is 6.02. The van der Waals surface area contributed by atoms with Crippen LogP contribution in [0.25, 0.3) is 0 Å². The number of fused-ring (bicyclic) bond motifs is 1. The summed E-state index contributed by atoms with van der Waals surface area (Å²) in [6, 6.07) is 7.96. The minimum absolute atomic E-state index is 0.0910. The second-order valence-electron chi connectivity index (χ2n) is 6.47. The summed E-state index contributed by atoms with van der Waals surface area (Å²) < 4.78 is 17.4. The number of Topliss-reactive ketones (excluding diaryl/α,β-unsaturated/α-hetero) is 1. The number of carbonyl (C=O) groups is 1. The molecule has 27 heavy (non-hydrogen) atoms. The molecule has 2 aromatic rings. The number of ether oxygens (including phenoxy) is 3. The second kappa shape index (κ2) is 8.20. The first kappa shape index (κ1) is 18.9. The summed E-state index contributed by atoms with van der Waals surface area (Å²) in [5.41, 5.74) is 0.876. The van der Waals surface area contributed by atoms with Crippen molar-refractivity contribution in [1.29, 1.82) is 0 Å². The number of phenolic OH excluding ortho intramolecular Hbond substituents is 2. The Morgan fingerprint density at radius 2 is 1.74 bits per heavy atom. The Morgan fingerprint density at radius 1 is 1.04 bits per heavy atom. The van der Waals surface area contributed by atoms with Crippen LogP contribution in [0.3, 0.4) is 0 Å². The van der Waals surface area contributed by atoms with Gasteiger partial charge in [-0.25, -0.2) is 0 Å². The number of phenols is 2. The van der Waals surface area contributed by atoms with Gasteiger partial charge in [-0.3, -0.25) is 4.79 Å². The summed E-state index contributed by atoms with van der Waals surface area (Å²) in [4.78, 5) is 12.5. The molecule has 6 nitrogen and oxygen atoms in total. The topological polar surface area (TPSA) is 85.2 Å². The van der Waals surface area contributed by atoms with Crippen LogP contribution in [0.4, 0.5) is 0 Å². The highest BCUT2D eigenvalue weighted by atomic mass is 16.5. The first-order chi connectivity index (χ1) is 13.0. The van der Waals surface area contributed by atoms with E-state index in [0.29, 0.717) is 24.7 Å². The van der Waals surface area contributed by atoms with Crippen LogP contribution in [0.5, 0.6) is 28.7 Å². The molecule has 0 aromatic heterocycles. The van der Waals surface area contributed by atoms with Crippen LogP contribution in [0.15, 0.2) is 30.3 Å². The number of hydrogen-bond acceptors (Lipinski definition) is 6. The Hall–Kier alpha value is -2.89. The van der Waals surface area contributed by atoms with Gasteiger partial charge in [0.15, 0.2) is 17.3 Å². The molecule has 0 bridgehead atoms. The van der Waals surface area contributed by atoms with Crippen LogP contribution in [0.1, 0.15) is 55.1 Å². The average Bonchev–Trinajstić information content (AvgIpc) is 2.64. The zero-order valence-corrected chi connectivity index (χ0v) is 15.5. The Labute approximate surface area is 158 Å². The lowest BCUT2D eigenvalue weighted by Gasteiger charge is -2.26. The molecular formula is C21H24O6. The predicted molar refractivity (Wildman–Crippen MR) is 100 cm³/mol. The summed E-state index contributed by atoms with van der Waals surface area (Å²) in [5.74, 6) is 0.783. The highest BCUT2D eigenvalue weighted by Crippen LogP contribution is 2.42. The molecule has 0 fully saturated rings. The first-order valence-corrected chi connectivity index (χ1v) is 9.18. The molecule has 1 atom stereocenters. The van der Waals surface area contributed by atoms with Gasteiger partial charge in [0.2, 0.25) is 0 Å². The van der Waals surface area contributed by atoms with E-state index in [0.717, 1.165) is 24.5 Å². The number of aromatic hydroxyl groups is 2. The quantitative estimate of drug-likeness (QED) is 0.750. The number of ketones is 1. The SMILES string of the molecule is CCCOc1ccc(C2CC(=O)c3c(O)cc(O)cc3O2)cc1OCCC. The van der Waals surface area contributed by atoms with Crippen molar-refractivity contribution in [2.75, 3.05) is 13.2 Å². The van der Waals surface area contributed by atoms with Crippen LogP contribution < -0.4 is 14.2 Å². The third-order valence-corrected chi connectivity index (χ3v) is 4.25. The van der Waals surface area contributed by atoms with E-state index in [2.05, 4.69) is 0 Å². The number of hydrogen-bond donors (Lipinski definition) is 2. The summed E-state index contributed by atoms with van der Waals surface area (Å²) in [5, 5.41) is 19.6. The Morgan fingerprint density at radius 3 is 2.44 bits per heavy atom. The lowest BCUT2D eigenvalue weighted by atomic mass is 9.95. The molecule has 1 unspecified atom stereocenters. The fourth-order valence-electron chi connectivity index (χ4n) is 2.99. The second-order valence-corrected chi connectivity index (χ2v) is 6.47. The molecule has 144 valence electrons. The van der Waals surface area contributed by atoms with E-state index >= 15 is 0 Å². The molecule has 0 saturated carbocycles. The molecule has 1 aliphatic rings. The number of carbonyl (C=O) groups excluding carboxylic acids is 1. The van der Waals surface area contributed by atoms with Gasteiger partial charge >= 0.3 is 0 Å². The van der Waals surface area contributed by atoms with Gasteiger partial charge in [0.05, 0.1) is 19.6 Å². The summed E-state index contributed by atoms with van der Waals surface area (Å²) >= 11 is 0. The minimum Gasteiger partial charge on any atom is -0.508 e. The highest BCUT2D eigenvalue weighted by Gasteiger charge is 2.31. The van der Waals surface area contributed by atoms with Crippen molar-refractivity contribution in [1.82, 2.24) is 0 Å². The molecule has 2 N–H and O–H groups in total. The predicted octanol–water partition coefficient (Wildman–Crippen LogP) is 4.38. The van der Waals surface area contributed by atoms with Crippen LogP contribution >= 0.6 is 0 Å². The lowest BCUT2D eigenvalue weighted by Crippen LogP contribution is -2.20. The van der Waals surface area contributed by atoms with Crippen molar-refractivity contribution in [3.8, 4) is 28.7 Å². The molecule has 2 aromatic carbocycles. The standard InChI is InChI=1S/C21H24O6/c1-3-7-25-17-6-5-13(9-19(17)26-8-4-2)18-12-16(24)21-15(23)10-14(22)11-20(21)27-18/h5-6,9-11,18,22-23H,3-4,7-8,12H2,1-2H3. The zero-order valence-electron chi connectivity index (χ0n) is 15.5. The van der Waals surface area contributed by atoms with E-state index in [-0.39, 0.29) is 35.0 Å². The van der Waals surface area contributed by atoms with Gasteiger partial charge in [-0.1, -0.05) is 19.9 Å². The fourth-order valence-corrected chi connectivity index (χ4v) is 2.99. The van der Waals surface area contributed by atoms with Gasteiger partial charge in [0, 0.05) is 12.1 Å². The summed E-state index contributed by atoms with van der Waals surface area (Å²) in [6.45, 7) is 5.20. The van der Waals surface area contributed by atoms with Crippen LogP contribution in [0, 0.1) is 0 Å². The molecule has 0 aliphatic carbocycles. The minimum atomic E-state index is -0.532. The molecule has 0 saturated heterocycles.